The van der Waals surface area contributed by atoms with Crippen molar-refractivity contribution in [2.75, 3.05) is 18.8 Å². The highest BCUT2D eigenvalue weighted by atomic mass is 35.5. The van der Waals surface area contributed by atoms with Gasteiger partial charge in [0.2, 0.25) is 10.0 Å². The predicted octanol–water partition coefficient (Wildman–Crippen LogP) is 3.89. The minimum atomic E-state index is -3.26. The molecule has 1 N–H and O–H groups in total. The number of carbonyl (C=O) groups is 1. The molecule has 2 heterocycles. The van der Waals surface area contributed by atoms with Gasteiger partial charge in [0.05, 0.1) is 16.3 Å². The van der Waals surface area contributed by atoms with Crippen molar-refractivity contribution in [1.29, 1.82) is 0 Å². The van der Waals surface area contributed by atoms with Crippen LogP contribution < -0.4 is 5.32 Å². The smallest absolute Gasteiger partial charge is 0.253 e. The van der Waals surface area contributed by atoms with E-state index in [0.29, 0.717) is 36.5 Å². The molecule has 30 heavy (non-hydrogen) atoms. The topological polar surface area (TPSA) is 79.4 Å². The number of hydrogen-bond acceptors (Lipinski definition) is 4. The van der Waals surface area contributed by atoms with E-state index in [1.165, 1.54) is 10.4 Å². The standard InChI is InChI=1S/C21H25Cl2N3O3S/c1-3-30(28,29)26-12-9-21(10-13-26,19-6-4-5-11-24-19)15(2)25-20(27)17-8-7-16(22)14-18(17)23/h4-8,11,14-15H,3,9-10,12-13H2,1-2H3,(H,25,27)/t15-/m0/s1. The summed E-state index contributed by atoms with van der Waals surface area (Å²) in [7, 11) is -3.26. The van der Waals surface area contributed by atoms with Crippen molar-refractivity contribution in [2.45, 2.75) is 38.1 Å². The lowest BCUT2D eigenvalue weighted by Crippen LogP contribution is -2.55. The van der Waals surface area contributed by atoms with Crippen LogP contribution in [0.3, 0.4) is 0 Å². The molecule has 1 atom stereocenters. The third-order valence-electron chi connectivity index (χ3n) is 5.90. The summed E-state index contributed by atoms with van der Waals surface area (Å²) >= 11 is 12.1. The van der Waals surface area contributed by atoms with E-state index in [1.807, 2.05) is 25.1 Å². The Morgan fingerprint density at radius 2 is 1.93 bits per heavy atom. The first-order valence-corrected chi connectivity index (χ1v) is 12.2. The minimum absolute atomic E-state index is 0.0743. The fourth-order valence-electron chi connectivity index (χ4n) is 4.00. The van der Waals surface area contributed by atoms with E-state index >= 15 is 0 Å². The molecule has 3 rings (SSSR count). The molecular weight excluding hydrogens is 445 g/mol. The molecule has 162 valence electrons. The molecule has 9 heteroatoms. The fourth-order valence-corrected chi connectivity index (χ4v) is 5.60. The number of nitrogens with one attached hydrogen (secondary N) is 1. The Morgan fingerprint density at radius 3 is 2.50 bits per heavy atom. The van der Waals surface area contributed by atoms with Gasteiger partial charge in [0, 0.05) is 41.5 Å². The zero-order valence-electron chi connectivity index (χ0n) is 16.9. The summed E-state index contributed by atoms with van der Waals surface area (Å²) in [5.74, 6) is -0.228. The number of sulfonamides is 1. The first-order chi connectivity index (χ1) is 14.2. The quantitative estimate of drug-likeness (QED) is 0.695. The van der Waals surface area contributed by atoms with E-state index in [-0.39, 0.29) is 22.7 Å². The Balaban J connectivity index is 1.87. The van der Waals surface area contributed by atoms with Crippen LogP contribution in [-0.2, 0) is 15.4 Å². The Labute approximate surface area is 187 Å². The van der Waals surface area contributed by atoms with Crippen LogP contribution >= 0.6 is 23.2 Å². The zero-order chi connectivity index (χ0) is 21.9. The zero-order valence-corrected chi connectivity index (χ0v) is 19.3. The van der Waals surface area contributed by atoms with Crippen molar-refractivity contribution < 1.29 is 13.2 Å². The lowest BCUT2D eigenvalue weighted by Gasteiger charge is -2.44. The number of nitrogens with zero attached hydrogens (tertiary/aromatic N) is 2. The van der Waals surface area contributed by atoms with Crippen LogP contribution in [0, 0.1) is 0 Å². The minimum Gasteiger partial charge on any atom is -0.349 e. The van der Waals surface area contributed by atoms with Crippen LogP contribution in [0.1, 0.15) is 42.7 Å². The number of piperidine rings is 1. The normalized spacial score (nSPS) is 18.0. The Hall–Kier alpha value is -1.67. The van der Waals surface area contributed by atoms with Gasteiger partial charge in [0.1, 0.15) is 0 Å². The van der Waals surface area contributed by atoms with Crippen LogP contribution in [0.5, 0.6) is 0 Å². The number of rotatable bonds is 6. The first kappa shape index (κ1) is 23.0. The molecule has 0 bridgehead atoms. The van der Waals surface area contributed by atoms with Crippen molar-refractivity contribution in [2.24, 2.45) is 0 Å². The van der Waals surface area contributed by atoms with Gasteiger partial charge < -0.3 is 5.32 Å². The van der Waals surface area contributed by atoms with Crippen LogP contribution in [0.25, 0.3) is 0 Å². The highest BCUT2D eigenvalue weighted by molar-refractivity contribution is 7.89. The second-order valence-corrected chi connectivity index (χ2v) is 10.6. The third kappa shape index (κ3) is 4.64. The highest BCUT2D eigenvalue weighted by Crippen LogP contribution is 2.38. The van der Waals surface area contributed by atoms with Gasteiger partial charge in [0.15, 0.2) is 0 Å². The molecule has 1 fully saturated rings. The number of hydrogen-bond donors (Lipinski definition) is 1. The summed E-state index contributed by atoms with van der Waals surface area (Å²) in [6, 6.07) is 10.1. The summed E-state index contributed by atoms with van der Waals surface area (Å²) in [4.78, 5) is 17.5. The van der Waals surface area contributed by atoms with E-state index in [2.05, 4.69) is 10.3 Å². The fraction of sp³-hybridized carbons (Fsp3) is 0.429. The number of aromatic nitrogens is 1. The predicted molar refractivity (Wildman–Crippen MR) is 120 cm³/mol. The van der Waals surface area contributed by atoms with Crippen LogP contribution in [0.15, 0.2) is 42.6 Å². The van der Waals surface area contributed by atoms with Gasteiger partial charge in [-0.2, -0.15) is 0 Å². The molecule has 0 aliphatic carbocycles. The van der Waals surface area contributed by atoms with Crippen LogP contribution in [-0.4, -0.2) is 48.5 Å². The number of pyridine rings is 1. The highest BCUT2D eigenvalue weighted by Gasteiger charge is 2.44. The summed E-state index contributed by atoms with van der Waals surface area (Å²) < 4.78 is 26.2. The molecule has 0 unspecified atom stereocenters. The van der Waals surface area contributed by atoms with Gasteiger partial charge in [-0.05, 0) is 57.0 Å². The van der Waals surface area contributed by atoms with E-state index in [4.69, 9.17) is 23.2 Å². The Kier molecular flexibility index (Phi) is 7.07. The average Bonchev–Trinajstić information content (AvgIpc) is 2.74. The van der Waals surface area contributed by atoms with Crippen LogP contribution in [0.2, 0.25) is 10.0 Å². The van der Waals surface area contributed by atoms with Gasteiger partial charge >= 0.3 is 0 Å². The van der Waals surface area contributed by atoms with Crippen molar-refractivity contribution in [3.05, 3.63) is 63.9 Å². The van der Waals surface area contributed by atoms with Gasteiger partial charge in [-0.1, -0.05) is 29.3 Å². The van der Waals surface area contributed by atoms with E-state index in [1.54, 1.807) is 25.3 Å². The maximum Gasteiger partial charge on any atom is 0.253 e. The Bertz CT molecular complexity index is 1010. The number of halogens is 2. The molecule has 0 spiro atoms. The lowest BCUT2D eigenvalue weighted by molar-refractivity contribution is 0.0893. The van der Waals surface area contributed by atoms with E-state index in [0.717, 1.165) is 5.69 Å². The van der Waals surface area contributed by atoms with Gasteiger partial charge in [-0.3, -0.25) is 9.78 Å². The maximum atomic E-state index is 12.9. The summed E-state index contributed by atoms with van der Waals surface area (Å²) in [5, 5.41) is 3.80. The molecule has 0 saturated carbocycles. The first-order valence-electron chi connectivity index (χ1n) is 9.85. The summed E-state index contributed by atoms with van der Waals surface area (Å²) in [6.07, 6.45) is 2.83. The van der Waals surface area contributed by atoms with Crippen LogP contribution in [0.4, 0.5) is 0 Å². The maximum absolute atomic E-state index is 12.9. The SMILES string of the molecule is CCS(=O)(=O)N1CCC(c2ccccn2)([C@H](C)NC(=O)c2ccc(Cl)cc2Cl)CC1. The molecule has 1 aliphatic rings. The van der Waals surface area contributed by atoms with Gasteiger partial charge in [-0.25, -0.2) is 12.7 Å². The van der Waals surface area contributed by atoms with Gasteiger partial charge in [-0.15, -0.1) is 0 Å². The summed E-state index contributed by atoms with van der Waals surface area (Å²) in [5.41, 5.74) is 0.693. The number of amides is 1. The van der Waals surface area contributed by atoms with Gasteiger partial charge in [0.25, 0.3) is 5.91 Å². The molecule has 0 radical (unpaired) electrons. The van der Waals surface area contributed by atoms with Crippen molar-refractivity contribution in [3.8, 4) is 0 Å². The molecule has 6 nitrogen and oxygen atoms in total. The van der Waals surface area contributed by atoms with Crippen molar-refractivity contribution in [3.63, 3.8) is 0 Å². The second kappa shape index (κ2) is 9.22. The number of benzene rings is 1. The van der Waals surface area contributed by atoms with E-state index < -0.39 is 15.4 Å². The van der Waals surface area contributed by atoms with E-state index in [9.17, 15) is 13.2 Å². The largest absolute Gasteiger partial charge is 0.349 e. The lowest BCUT2D eigenvalue weighted by atomic mass is 9.70. The molecule has 2 aromatic rings. The molecule has 1 amide bonds. The molecular formula is C21H25Cl2N3O3S. The third-order valence-corrected chi connectivity index (χ3v) is 8.33. The molecule has 1 aromatic carbocycles. The number of carbonyl (C=O) groups excluding carboxylic acids is 1. The Morgan fingerprint density at radius 1 is 1.23 bits per heavy atom. The van der Waals surface area contributed by atoms with Crippen molar-refractivity contribution in [1.82, 2.24) is 14.6 Å². The second-order valence-electron chi connectivity index (χ2n) is 7.49. The average molecular weight is 470 g/mol. The monoisotopic (exact) mass is 469 g/mol. The molecule has 1 aliphatic heterocycles. The van der Waals surface area contributed by atoms with Crippen molar-refractivity contribution >= 4 is 39.1 Å². The molecule has 1 aromatic heterocycles. The summed E-state index contributed by atoms with van der Waals surface area (Å²) in [6.45, 7) is 4.35. The molecule has 1 saturated heterocycles.